The number of halogens is 1. The van der Waals surface area contributed by atoms with Crippen molar-refractivity contribution in [1.29, 1.82) is 0 Å². The van der Waals surface area contributed by atoms with Crippen LogP contribution in [-0.2, 0) is 19.1 Å². The van der Waals surface area contributed by atoms with Crippen molar-refractivity contribution in [2.75, 3.05) is 38.2 Å². The number of ether oxygens (including phenoxy) is 2. The zero-order chi connectivity index (χ0) is 22.9. The van der Waals surface area contributed by atoms with Crippen LogP contribution in [-0.4, -0.2) is 68.9 Å². The highest BCUT2D eigenvalue weighted by Crippen LogP contribution is 2.44. The Hall–Kier alpha value is -2.81. The van der Waals surface area contributed by atoms with Gasteiger partial charge in [-0.15, -0.1) is 0 Å². The molecule has 7 nitrogen and oxygen atoms in total. The Balaban J connectivity index is 1.51. The van der Waals surface area contributed by atoms with Gasteiger partial charge in [0.05, 0.1) is 7.85 Å². The molecule has 2 aromatic carbocycles. The SMILES string of the molecule is [B]CC(=O)N(CCNC(=O)OCC1c2ccccc2-c2ccccc21)CC(=O)OCCBr. The van der Waals surface area contributed by atoms with Gasteiger partial charge in [-0.25, -0.2) is 4.79 Å². The van der Waals surface area contributed by atoms with Gasteiger partial charge in [0, 0.05) is 24.3 Å². The van der Waals surface area contributed by atoms with E-state index in [0.29, 0.717) is 5.33 Å². The number of fused-ring (bicyclic) bond motifs is 3. The Bertz CT molecular complexity index is 925. The highest BCUT2D eigenvalue weighted by atomic mass is 79.9. The maximum Gasteiger partial charge on any atom is 0.407 e. The van der Waals surface area contributed by atoms with E-state index in [9.17, 15) is 14.4 Å². The first-order valence-corrected chi connectivity index (χ1v) is 11.5. The first-order valence-electron chi connectivity index (χ1n) is 10.3. The van der Waals surface area contributed by atoms with Crippen molar-refractivity contribution < 1.29 is 23.9 Å². The van der Waals surface area contributed by atoms with Gasteiger partial charge in [0.1, 0.15) is 19.8 Å². The smallest absolute Gasteiger partial charge is 0.407 e. The summed E-state index contributed by atoms with van der Waals surface area (Å²) >= 11 is 3.16. The van der Waals surface area contributed by atoms with E-state index in [4.69, 9.17) is 17.3 Å². The van der Waals surface area contributed by atoms with Crippen molar-refractivity contribution in [2.45, 2.75) is 12.2 Å². The zero-order valence-corrected chi connectivity index (χ0v) is 19.2. The predicted molar refractivity (Wildman–Crippen MR) is 125 cm³/mol. The molecule has 0 bridgehead atoms. The van der Waals surface area contributed by atoms with E-state index < -0.39 is 18.0 Å². The number of amides is 2. The fourth-order valence-electron chi connectivity index (χ4n) is 3.72. The number of alkyl halides is 1. The van der Waals surface area contributed by atoms with Crippen molar-refractivity contribution in [3.05, 3.63) is 59.7 Å². The molecule has 166 valence electrons. The van der Waals surface area contributed by atoms with Gasteiger partial charge in [-0.1, -0.05) is 64.5 Å². The minimum Gasteiger partial charge on any atom is -0.463 e. The Kier molecular flexibility index (Phi) is 8.73. The number of carbonyl (C=O) groups excluding carboxylic acids is 3. The summed E-state index contributed by atoms with van der Waals surface area (Å²) in [7, 11) is 5.41. The lowest BCUT2D eigenvalue weighted by atomic mass is 9.98. The quantitative estimate of drug-likeness (QED) is 0.309. The summed E-state index contributed by atoms with van der Waals surface area (Å²) in [5, 5.41) is 3.13. The molecule has 2 aromatic rings. The molecule has 1 aliphatic carbocycles. The topological polar surface area (TPSA) is 84.9 Å². The van der Waals surface area contributed by atoms with Crippen LogP contribution in [0.25, 0.3) is 11.1 Å². The molecule has 2 amide bonds. The highest BCUT2D eigenvalue weighted by molar-refractivity contribution is 9.09. The molecule has 2 radical (unpaired) electrons. The van der Waals surface area contributed by atoms with Crippen LogP contribution in [0.4, 0.5) is 4.79 Å². The summed E-state index contributed by atoms with van der Waals surface area (Å²) in [5.41, 5.74) is 4.56. The van der Waals surface area contributed by atoms with Crippen molar-refractivity contribution in [3.8, 4) is 11.1 Å². The van der Waals surface area contributed by atoms with Crippen LogP contribution < -0.4 is 5.32 Å². The molecule has 0 heterocycles. The van der Waals surface area contributed by atoms with Crippen LogP contribution >= 0.6 is 15.9 Å². The molecule has 0 saturated carbocycles. The second kappa shape index (κ2) is 11.7. The standard InChI is InChI=1S/C23H24BBrN2O5/c24-13-21(28)27(14-22(29)31-12-9-25)11-10-26-23(30)32-15-20-18-7-3-1-5-16(18)17-6-2-4-8-19(17)20/h1-8,20H,9-15H2,(H,26,30). The third-order valence-electron chi connectivity index (χ3n) is 5.18. The highest BCUT2D eigenvalue weighted by Gasteiger charge is 2.29. The largest absolute Gasteiger partial charge is 0.463 e. The molecule has 0 saturated heterocycles. The van der Waals surface area contributed by atoms with Gasteiger partial charge in [-0.05, 0) is 28.6 Å². The van der Waals surface area contributed by atoms with E-state index >= 15 is 0 Å². The van der Waals surface area contributed by atoms with Crippen LogP contribution in [0.1, 0.15) is 17.0 Å². The number of esters is 1. The van der Waals surface area contributed by atoms with Crippen molar-refractivity contribution in [3.63, 3.8) is 0 Å². The molecule has 1 N–H and O–H groups in total. The maximum absolute atomic E-state index is 12.2. The van der Waals surface area contributed by atoms with E-state index in [1.807, 2.05) is 36.4 Å². The number of hydrogen-bond acceptors (Lipinski definition) is 5. The third kappa shape index (κ3) is 5.91. The minimum atomic E-state index is -0.589. The van der Waals surface area contributed by atoms with Gasteiger partial charge >= 0.3 is 12.1 Å². The lowest BCUT2D eigenvalue weighted by Gasteiger charge is -2.21. The van der Waals surface area contributed by atoms with E-state index in [2.05, 4.69) is 33.4 Å². The van der Waals surface area contributed by atoms with Crippen LogP contribution in [0.3, 0.4) is 0 Å². The molecule has 0 fully saturated rings. The van der Waals surface area contributed by atoms with Crippen LogP contribution in [0.2, 0.25) is 6.32 Å². The Morgan fingerprint density at radius 1 is 1.00 bits per heavy atom. The maximum atomic E-state index is 12.2. The van der Waals surface area contributed by atoms with Gasteiger partial charge in [-0.3, -0.25) is 9.59 Å². The fraction of sp³-hybridized carbons (Fsp3) is 0.348. The second-order valence-electron chi connectivity index (χ2n) is 7.18. The average molecular weight is 499 g/mol. The summed E-state index contributed by atoms with van der Waals surface area (Å²) in [6, 6.07) is 16.2. The monoisotopic (exact) mass is 498 g/mol. The molecule has 32 heavy (non-hydrogen) atoms. The van der Waals surface area contributed by atoms with Gasteiger partial charge in [0.2, 0.25) is 5.91 Å². The molecular weight excluding hydrogens is 475 g/mol. The number of alkyl carbamates (subject to hydrolysis) is 1. The minimum absolute atomic E-state index is 0.0346. The molecule has 3 rings (SSSR count). The van der Waals surface area contributed by atoms with Gasteiger partial charge in [-0.2, -0.15) is 0 Å². The lowest BCUT2D eigenvalue weighted by Crippen LogP contribution is -2.41. The summed E-state index contributed by atoms with van der Waals surface area (Å²) in [6.45, 7) is 0.416. The number of rotatable bonds is 10. The first kappa shape index (κ1) is 23.8. The number of nitrogens with one attached hydrogen (secondary N) is 1. The second-order valence-corrected chi connectivity index (χ2v) is 7.97. The number of hydrogen-bond donors (Lipinski definition) is 1. The Morgan fingerprint density at radius 2 is 1.62 bits per heavy atom. The summed E-state index contributed by atoms with van der Waals surface area (Å²) in [4.78, 5) is 37.3. The number of carbonyl (C=O) groups is 3. The zero-order valence-electron chi connectivity index (χ0n) is 17.6. The summed E-state index contributed by atoms with van der Waals surface area (Å²) in [6.07, 6.45) is -0.828. The van der Waals surface area contributed by atoms with Crippen molar-refractivity contribution in [2.24, 2.45) is 0 Å². The van der Waals surface area contributed by atoms with E-state index in [0.717, 1.165) is 22.3 Å². The lowest BCUT2D eigenvalue weighted by molar-refractivity contribution is -0.148. The molecule has 0 unspecified atom stereocenters. The molecule has 1 aliphatic rings. The number of nitrogens with zero attached hydrogens (tertiary/aromatic N) is 1. The predicted octanol–water partition coefficient (Wildman–Crippen LogP) is 2.88. The number of benzene rings is 2. The van der Waals surface area contributed by atoms with Crippen molar-refractivity contribution >= 4 is 41.7 Å². The normalized spacial score (nSPS) is 11.9. The van der Waals surface area contributed by atoms with Crippen LogP contribution in [0.15, 0.2) is 48.5 Å². The van der Waals surface area contributed by atoms with E-state index in [1.165, 1.54) is 4.90 Å². The first-order chi connectivity index (χ1) is 15.5. The van der Waals surface area contributed by atoms with E-state index in [-0.39, 0.29) is 45.1 Å². The Morgan fingerprint density at radius 3 is 2.22 bits per heavy atom. The average Bonchev–Trinajstić information content (AvgIpc) is 3.14. The van der Waals surface area contributed by atoms with Crippen molar-refractivity contribution in [1.82, 2.24) is 10.2 Å². The van der Waals surface area contributed by atoms with E-state index in [1.54, 1.807) is 0 Å². The van der Waals surface area contributed by atoms with Gasteiger partial charge in [0.15, 0.2) is 0 Å². The molecular formula is C23H24BBrN2O5. The molecule has 9 heteroatoms. The van der Waals surface area contributed by atoms with Gasteiger partial charge in [0.25, 0.3) is 0 Å². The molecule has 0 aromatic heterocycles. The van der Waals surface area contributed by atoms with Gasteiger partial charge < -0.3 is 19.7 Å². The third-order valence-corrected chi connectivity index (χ3v) is 5.51. The molecule has 0 atom stereocenters. The molecule has 0 aliphatic heterocycles. The Labute approximate surface area is 197 Å². The summed E-state index contributed by atoms with van der Waals surface area (Å²) in [5.74, 6) is -0.977. The van der Waals surface area contributed by atoms with Crippen LogP contribution in [0, 0.1) is 0 Å². The summed E-state index contributed by atoms with van der Waals surface area (Å²) < 4.78 is 10.4. The molecule has 0 spiro atoms. The fourth-order valence-corrected chi connectivity index (χ4v) is 3.88. The van der Waals surface area contributed by atoms with Crippen LogP contribution in [0.5, 0.6) is 0 Å².